The molecule has 1 N–H and O–H groups in total. The Bertz CT molecular complexity index is 953. The van der Waals surface area contributed by atoms with Crippen molar-refractivity contribution in [1.82, 2.24) is 15.1 Å². The van der Waals surface area contributed by atoms with E-state index >= 15 is 0 Å². The molecule has 2 aliphatic rings. The summed E-state index contributed by atoms with van der Waals surface area (Å²) in [5.41, 5.74) is -1.03. The first-order valence-corrected chi connectivity index (χ1v) is 12.4. The Morgan fingerprint density at radius 2 is 1.77 bits per heavy atom. The van der Waals surface area contributed by atoms with Gasteiger partial charge in [0.25, 0.3) is 5.91 Å². The Morgan fingerprint density at radius 1 is 1.11 bits per heavy atom. The van der Waals surface area contributed by atoms with Gasteiger partial charge in [-0.2, -0.15) is 0 Å². The van der Waals surface area contributed by atoms with Crippen molar-refractivity contribution in [2.45, 2.75) is 50.6 Å². The lowest BCUT2D eigenvalue weighted by Crippen LogP contribution is -2.51. The van der Waals surface area contributed by atoms with E-state index in [2.05, 4.69) is 5.32 Å². The third-order valence-corrected chi connectivity index (χ3v) is 6.63. The van der Waals surface area contributed by atoms with E-state index in [-0.39, 0.29) is 24.3 Å². The minimum Gasteiger partial charge on any atom is -0.444 e. The van der Waals surface area contributed by atoms with Gasteiger partial charge in [-0.3, -0.25) is 9.59 Å². The van der Waals surface area contributed by atoms with Crippen molar-refractivity contribution in [3.05, 3.63) is 35.1 Å². The van der Waals surface area contributed by atoms with E-state index in [1.54, 1.807) is 25.7 Å². The zero-order valence-corrected chi connectivity index (χ0v) is 20.8. The number of rotatable bonds is 6. The van der Waals surface area contributed by atoms with Crippen LogP contribution in [-0.2, 0) is 25.5 Å². The second-order valence-electron chi connectivity index (χ2n) is 9.36. The van der Waals surface area contributed by atoms with Crippen LogP contribution in [0, 0.1) is 17.5 Å². The number of benzene rings is 1. The highest BCUT2D eigenvalue weighted by Crippen LogP contribution is 2.27. The maximum atomic E-state index is 14.3. The average Bonchev–Trinajstić information content (AvgIpc) is 3.26. The fourth-order valence-corrected chi connectivity index (χ4v) is 5.05. The van der Waals surface area contributed by atoms with Crippen molar-refractivity contribution in [1.29, 1.82) is 0 Å². The molecule has 2 heterocycles. The van der Waals surface area contributed by atoms with E-state index in [1.807, 2.05) is 0 Å². The summed E-state index contributed by atoms with van der Waals surface area (Å²) in [4.78, 5) is 41.7. The molecule has 2 saturated heterocycles. The first-order valence-electron chi connectivity index (χ1n) is 11.3. The Labute approximate surface area is 206 Å². The van der Waals surface area contributed by atoms with E-state index in [9.17, 15) is 27.6 Å². The molecule has 0 aliphatic carbocycles. The highest BCUT2D eigenvalue weighted by molar-refractivity contribution is 8.00. The molecule has 8 nitrogen and oxygen atoms in total. The van der Waals surface area contributed by atoms with Crippen LogP contribution >= 0.6 is 11.8 Å². The zero-order chi connectivity index (χ0) is 25.8. The quantitative estimate of drug-likeness (QED) is 0.584. The predicted molar refractivity (Wildman–Crippen MR) is 123 cm³/mol. The highest BCUT2D eigenvalue weighted by Gasteiger charge is 2.38. The van der Waals surface area contributed by atoms with Crippen molar-refractivity contribution < 1.29 is 37.0 Å². The molecule has 3 amide bonds. The van der Waals surface area contributed by atoms with Crippen LogP contribution in [0.2, 0.25) is 0 Å². The monoisotopic (exact) mass is 517 g/mol. The van der Waals surface area contributed by atoms with Gasteiger partial charge in [0.15, 0.2) is 17.0 Å². The lowest BCUT2D eigenvalue weighted by atomic mass is 10.0. The summed E-state index contributed by atoms with van der Waals surface area (Å²) in [6, 6.07) is 0.141. The number of hydrogen-bond donors (Lipinski definition) is 1. The second-order valence-corrected chi connectivity index (χ2v) is 10.5. The molecule has 2 atom stereocenters. The Hall–Kier alpha value is -2.47. The third kappa shape index (κ3) is 7.50. The Kier molecular flexibility index (Phi) is 8.92. The molecule has 1 aromatic carbocycles. The number of morpholine rings is 1. The van der Waals surface area contributed by atoms with Crippen LogP contribution in [0.4, 0.5) is 18.0 Å². The molecule has 35 heavy (non-hydrogen) atoms. The van der Waals surface area contributed by atoms with Crippen LogP contribution < -0.4 is 5.32 Å². The van der Waals surface area contributed by atoms with Gasteiger partial charge in [0.1, 0.15) is 11.4 Å². The molecule has 0 radical (unpaired) electrons. The number of thioether (sulfide) groups is 1. The molecular weight excluding hydrogens is 487 g/mol. The summed E-state index contributed by atoms with van der Waals surface area (Å²) in [5, 5.41) is 1.83. The molecule has 0 bridgehead atoms. The lowest BCUT2D eigenvalue weighted by molar-refractivity contribution is -0.144. The topological polar surface area (TPSA) is 88.2 Å². The van der Waals surface area contributed by atoms with Crippen molar-refractivity contribution in [2.24, 2.45) is 0 Å². The molecule has 2 fully saturated rings. The summed E-state index contributed by atoms with van der Waals surface area (Å²) < 4.78 is 51.9. The maximum Gasteiger partial charge on any atom is 0.407 e. The highest BCUT2D eigenvalue weighted by atomic mass is 32.2. The first kappa shape index (κ1) is 27.1. The Balaban J connectivity index is 1.75. The second kappa shape index (κ2) is 11.5. The normalized spacial score (nSPS) is 19.4. The summed E-state index contributed by atoms with van der Waals surface area (Å²) in [6.45, 7) is 7.05. The van der Waals surface area contributed by atoms with E-state index in [4.69, 9.17) is 9.47 Å². The van der Waals surface area contributed by atoms with Gasteiger partial charge in [-0.15, -0.1) is 11.8 Å². The molecule has 3 rings (SSSR count). The summed E-state index contributed by atoms with van der Waals surface area (Å²) in [5.74, 6) is -3.62. The van der Waals surface area contributed by atoms with Crippen LogP contribution in [0.25, 0.3) is 0 Å². The van der Waals surface area contributed by atoms with E-state index in [1.165, 1.54) is 16.7 Å². The molecule has 0 aromatic heterocycles. The number of nitrogens with one attached hydrogen (secondary N) is 1. The standard InChI is InChI=1S/C23H30F3N3O5S/c1-23(2,3)34-22(32)27-15(10-14-11-17(25)18(26)13-16(14)24)12-19(30)29-6-9-35-21(29)20(31)28-4-7-33-8-5-28/h11,13,15,21H,4-10,12H2,1-3H3,(H,27,32). The first-order chi connectivity index (χ1) is 16.4. The minimum atomic E-state index is -1.34. The van der Waals surface area contributed by atoms with Gasteiger partial charge in [0, 0.05) is 43.9 Å². The molecule has 1 aromatic rings. The van der Waals surface area contributed by atoms with Gasteiger partial charge in [0.05, 0.1) is 13.2 Å². The number of carbonyl (C=O) groups is 3. The van der Waals surface area contributed by atoms with Crippen LogP contribution in [-0.4, -0.2) is 83.3 Å². The number of carbonyl (C=O) groups excluding carboxylic acids is 3. The van der Waals surface area contributed by atoms with Crippen LogP contribution in [0.1, 0.15) is 32.8 Å². The van der Waals surface area contributed by atoms with Crippen LogP contribution in [0.3, 0.4) is 0 Å². The van der Waals surface area contributed by atoms with Gasteiger partial charge >= 0.3 is 6.09 Å². The molecule has 0 spiro atoms. The van der Waals surface area contributed by atoms with Gasteiger partial charge < -0.3 is 24.6 Å². The zero-order valence-electron chi connectivity index (χ0n) is 19.9. The van der Waals surface area contributed by atoms with Gasteiger partial charge in [-0.1, -0.05) is 0 Å². The Morgan fingerprint density at radius 3 is 2.43 bits per heavy atom. The molecular formula is C23H30F3N3O5S. The molecule has 2 unspecified atom stereocenters. The van der Waals surface area contributed by atoms with Crippen LogP contribution in [0.5, 0.6) is 0 Å². The van der Waals surface area contributed by atoms with Crippen molar-refractivity contribution in [2.75, 3.05) is 38.6 Å². The van der Waals surface area contributed by atoms with Gasteiger partial charge in [-0.05, 0) is 38.8 Å². The lowest BCUT2D eigenvalue weighted by Gasteiger charge is -2.32. The van der Waals surface area contributed by atoms with Crippen molar-refractivity contribution in [3.63, 3.8) is 0 Å². The molecule has 12 heteroatoms. The van der Waals surface area contributed by atoms with Gasteiger partial charge in [0.2, 0.25) is 5.91 Å². The van der Waals surface area contributed by atoms with Crippen molar-refractivity contribution >= 4 is 29.7 Å². The number of amides is 3. The SMILES string of the molecule is CC(C)(C)OC(=O)NC(CC(=O)N1CCSC1C(=O)N1CCOCC1)Cc1cc(F)c(F)cc1F. The van der Waals surface area contributed by atoms with E-state index in [0.29, 0.717) is 50.7 Å². The van der Waals surface area contributed by atoms with E-state index < -0.39 is 46.5 Å². The summed E-state index contributed by atoms with van der Waals surface area (Å²) >= 11 is 1.35. The smallest absolute Gasteiger partial charge is 0.407 e. The van der Waals surface area contributed by atoms with Crippen LogP contribution in [0.15, 0.2) is 12.1 Å². The van der Waals surface area contributed by atoms with Crippen molar-refractivity contribution in [3.8, 4) is 0 Å². The largest absolute Gasteiger partial charge is 0.444 e. The molecule has 194 valence electrons. The fraction of sp³-hybridized carbons (Fsp3) is 0.609. The predicted octanol–water partition coefficient (Wildman–Crippen LogP) is 2.69. The minimum absolute atomic E-state index is 0.188. The third-order valence-electron chi connectivity index (χ3n) is 5.44. The number of hydrogen-bond acceptors (Lipinski definition) is 6. The number of nitrogens with zero attached hydrogens (tertiary/aromatic N) is 2. The average molecular weight is 518 g/mol. The molecule has 0 saturated carbocycles. The van der Waals surface area contributed by atoms with Gasteiger partial charge in [-0.25, -0.2) is 18.0 Å². The maximum absolute atomic E-state index is 14.3. The molecule has 2 aliphatic heterocycles. The number of alkyl carbamates (subject to hydrolysis) is 1. The number of halogens is 3. The van der Waals surface area contributed by atoms with E-state index in [0.717, 1.165) is 0 Å². The summed E-state index contributed by atoms with van der Waals surface area (Å²) in [6.07, 6.45) is -1.41. The summed E-state index contributed by atoms with van der Waals surface area (Å²) in [7, 11) is 0. The fourth-order valence-electron chi connectivity index (χ4n) is 3.83. The number of ether oxygens (including phenoxy) is 2.